The molecule has 0 atom stereocenters. The molecule has 0 aliphatic carbocycles. The molecular formula is C27H23N3O4S2. The predicted molar refractivity (Wildman–Crippen MR) is 140 cm³/mol. The van der Waals surface area contributed by atoms with Crippen LogP contribution in [0.5, 0.6) is 0 Å². The highest BCUT2D eigenvalue weighted by molar-refractivity contribution is 7.89. The number of carbonyl (C=O) groups excluding carboxylic acids is 2. The Bertz CT molecular complexity index is 1550. The minimum absolute atomic E-state index is 0.124. The van der Waals surface area contributed by atoms with Gasteiger partial charge in [0.15, 0.2) is 0 Å². The minimum Gasteiger partial charge on any atom is -0.366 e. The third-order valence-electron chi connectivity index (χ3n) is 6.13. The van der Waals surface area contributed by atoms with E-state index in [9.17, 15) is 18.0 Å². The maximum Gasteiger partial charge on any atom is 0.256 e. The molecule has 2 heterocycles. The van der Waals surface area contributed by atoms with Gasteiger partial charge in [-0.25, -0.2) is 8.42 Å². The summed E-state index contributed by atoms with van der Waals surface area (Å²) in [6.45, 7) is 0.721. The van der Waals surface area contributed by atoms with E-state index in [2.05, 4.69) is 5.32 Å². The summed E-state index contributed by atoms with van der Waals surface area (Å²) in [5.41, 5.74) is 9.08. The number of rotatable bonds is 6. The van der Waals surface area contributed by atoms with Gasteiger partial charge >= 0.3 is 0 Å². The lowest BCUT2D eigenvalue weighted by Gasteiger charge is -2.28. The first-order chi connectivity index (χ1) is 17.3. The van der Waals surface area contributed by atoms with Crippen LogP contribution in [-0.2, 0) is 23.0 Å². The SMILES string of the molecule is NC(=O)c1cc(-c2ccccc2)sc1NC(=O)c1ccc(S(=O)(=O)N2CCc3ccccc3C2)cc1. The third kappa shape index (κ3) is 4.68. The zero-order valence-corrected chi connectivity index (χ0v) is 20.8. The molecule has 182 valence electrons. The van der Waals surface area contributed by atoms with Gasteiger partial charge in [-0.15, -0.1) is 11.3 Å². The van der Waals surface area contributed by atoms with Crippen LogP contribution in [0, 0.1) is 0 Å². The molecule has 0 unspecified atom stereocenters. The second-order valence-corrected chi connectivity index (χ2v) is 11.4. The lowest BCUT2D eigenvalue weighted by Crippen LogP contribution is -2.35. The van der Waals surface area contributed by atoms with Crippen LogP contribution in [-0.4, -0.2) is 31.1 Å². The van der Waals surface area contributed by atoms with Crippen molar-refractivity contribution in [1.29, 1.82) is 0 Å². The number of amides is 2. The Balaban J connectivity index is 1.34. The standard InChI is InChI=1S/C27H23N3O4S2/c28-25(31)23-16-24(19-7-2-1-3-8-19)35-27(23)29-26(32)20-10-12-22(13-11-20)36(33,34)30-15-14-18-6-4-5-9-21(18)17-30/h1-13,16H,14-15,17H2,(H2,28,31)(H,29,32). The average molecular weight is 518 g/mol. The van der Waals surface area contributed by atoms with Crippen LogP contribution in [0.1, 0.15) is 31.8 Å². The first-order valence-electron chi connectivity index (χ1n) is 11.3. The largest absolute Gasteiger partial charge is 0.366 e. The van der Waals surface area contributed by atoms with Crippen LogP contribution in [0.25, 0.3) is 10.4 Å². The van der Waals surface area contributed by atoms with Crippen molar-refractivity contribution in [3.63, 3.8) is 0 Å². The number of nitrogens with zero attached hydrogens (tertiary/aromatic N) is 1. The summed E-state index contributed by atoms with van der Waals surface area (Å²) in [6, 6.07) is 24.8. The van der Waals surface area contributed by atoms with Crippen molar-refractivity contribution in [2.75, 3.05) is 11.9 Å². The van der Waals surface area contributed by atoms with Crippen molar-refractivity contribution in [2.24, 2.45) is 5.73 Å². The molecule has 9 heteroatoms. The molecule has 7 nitrogen and oxygen atoms in total. The second-order valence-electron chi connectivity index (χ2n) is 8.42. The first-order valence-corrected chi connectivity index (χ1v) is 13.6. The number of fused-ring (bicyclic) bond motifs is 1. The van der Waals surface area contributed by atoms with E-state index in [0.717, 1.165) is 21.6 Å². The smallest absolute Gasteiger partial charge is 0.256 e. The molecule has 5 rings (SSSR count). The van der Waals surface area contributed by atoms with E-state index in [1.165, 1.54) is 39.9 Å². The predicted octanol–water partition coefficient (Wildman–Crippen LogP) is 4.51. The number of nitrogens with two attached hydrogens (primary N) is 1. The Morgan fingerprint density at radius 3 is 2.25 bits per heavy atom. The number of primary amides is 1. The molecule has 0 fully saturated rings. The van der Waals surface area contributed by atoms with Gasteiger partial charge in [-0.05, 0) is 53.4 Å². The Morgan fingerprint density at radius 2 is 1.56 bits per heavy atom. The number of thiophene rings is 1. The Labute approximate surface area is 213 Å². The minimum atomic E-state index is -3.71. The molecule has 36 heavy (non-hydrogen) atoms. The fourth-order valence-corrected chi connectivity index (χ4v) is 6.67. The van der Waals surface area contributed by atoms with Crippen molar-refractivity contribution in [3.05, 3.63) is 107 Å². The molecule has 1 aromatic heterocycles. The number of hydrogen-bond donors (Lipinski definition) is 2. The fraction of sp³-hybridized carbons (Fsp3) is 0.111. The lowest BCUT2D eigenvalue weighted by atomic mass is 10.0. The van der Waals surface area contributed by atoms with Crippen molar-refractivity contribution in [2.45, 2.75) is 17.9 Å². The van der Waals surface area contributed by atoms with Crippen molar-refractivity contribution in [1.82, 2.24) is 4.31 Å². The summed E-state index contributed by atoms with van der Waals surface area (Å²) in [7, 11) is -3.71. The molecule has 4 aromatic rings. The van der Waals surface area contributed by atoms with E-state index >= 15 is 0 Å². The molecule has 2 amide bonds. The summed E-state index contributed by atoms with van der Waals surface area (Å²) in [4.78, 5) is 25.8. The quantitative estimate of drug-likeness (QED) is 0.392. The number of carbonyl (C=O) groups is 2. The normalized spacial score (nSPS) is 13.7. The summed E-state index contributed by atoms with van der Waals surface area (Å²) < 4.78 is 27.9. The molecule has 0 spiro atoms. The zero-order valence-electron chi connectivity index (χ0n) is 19.2. The number of anilines is 1. The highest BCUT2D eigenvalue weighted by Gasteiger charge is 2.28. The van der Waals surface area contributed by atoms with E-state index in [0.29, 0.717) is 24.5 Å². The number of hydrogen-bond acceptors (Lipinski definition) is 5. The first kappa shape index (κ1) is 23.9. The molecule has 1 aliphatic rings. The van der Waals surface area contributed by atoms with Crippen LogP contribution in [0.15, 0.2) is 89.8 Å². The Kier molecular flexibility index (Phi) is 6.44. The van der Waals surface area contributed by atoms with Crippen LogP contribution in [0.3, 0.4) is 0 Å². The van der Waals surface area contributed by atoms with Gasteiger partial charge in [0.25, 0.3) is 11.8 Å². The van der Waals surface area contributed by atoms with Gasteiger partial charge in [0.2, 0.25) is 10.0 Å². The number of nitrogens with one attached hydrogen (secondary N) is 1. The summed E-state index contributed by atoms with van der Waals surface area (Å²) in [6.07, 6.45) is 0.657. The molecular weight excluding hydrogens is 494 g/mol. The highest BCUT2D eigenvalue weighted by Crippen LogP contribution is 2.35. The van der Waals surface area contributed by atoms with Crippen LogP contribution < -0.4 is 11.1 Å². The lowest BCUT2D eigenvalue weighted by molar-refractivity contribution is 0.100. The maximum atomic E-state index is 13.2. The monoisotopic (exact) mass is 517 g/mol. The van der Waals surface area contributed by atoms with Crippen LogP contribution in [0.2, 0.25) is 0 Å². The van der Waals surface area contributed by atoms with Gasteiger partial charge in [0.1, 0.15) is 5.00 Å². The van der Waals surface area contributed by atoms with Crippen LogP contribution >= 0.6 is 11.3 Å². The maximum absolute atomic E-state index is 13.2. The topological polar surface area (TPSA) is 110 Å². The third-order valence-corrected chi connectivity index (χ3v) is 9.09. The average Bonchev–Trinajstić information content (AvgIpc) is 3.33. The molecule has 3 N–H and O–H groups in total. The molecule has 0 saturated heterocycles. The highest BCUT2D eigenvalue weighted by atomic mass is 32.2. The molecule has 0 radical (unpaired) electrons. The van der Waals surface area contributed by atoms with E-state index in [1.54, 1.807) is 6.07 Å². The van der Waals surface area contributed by atoms with E-state index in [4.69, 9.17) is 5.73 Å². The fourth-order valence-electron chi connectivity index (χ4n) is 4.19. The summed E-state index contributed by atoms with van der Waals surface area (Å²) in [5.74, 6) is -1.11. The zero-order chi connectivity index (χ0) is 25.3. The molecule has 3 aromatic carbocycles. The Morgan fingerprint density at radius 1 is 0.889 bits per heavy atom. The van der Waals surface area contributed by atoms with E-state index < -0.39 is 21.8 Å². The Hall–Kier alpha value is -3.79. The number of sulfonamides is 1. The van der Waals surface area contributed by atoms with Gasteiger partial charge in [-0.2, -0.15) is 4.31 Å². The van der Waals surface area contributed by atoms with Crippen molar-refractivity contribution >= 4 is 38.2 Å². The molecule has 0 saturated carbocycles. The van der Waals surface area contributed by atoms with Crippen LogP contribution in [0.4, 0.5) is 5.00 Å². The molecule has 1 aliphatic heterocycles. The van der Waals surface area contributed by atoms with Gasteiger partial charge < -0.3 is 11.1 Å². The van der Waals surface area contributed by atoms with Crippen molar-refractivity contribution < 1.29 is 18.0 Å². The summed E-state index contributed by atoms with van der Waals surface area (Å²) >= 11 is 1.25. The van der Waals surface area contributed by atoms with Gasteiger partial charge in [0.05, 0.1) is 10.5 Å². The van der Waals surface area contributed by atoms with E-state index in [1.807, 2.05) is 54.6 Å². The number of benzene rings is 3. The molecule has 0 bridgehead atoms. The van der Waals surface area contributed by atoms with Crippen molar-refractivity contribution in [3.8, 4) is 10.4 Å². The van der Waals surface area contributed by atoms with Gasteiger partial charge in [-0.3, -0.25) is 9.59 Å². The van der Waals surface area contributed by atoms with Gasteiger partial charge in [-0.1, -0.05) is 54.6 Å². The summed E-state index contributed by atoms with van der Waals surface area (Å²) in [5, 5.41) is 3.09. The van der Waals surface area contributed by atoms with E-state index in [-0.39, 0.29) is 16.0 Å². The second kappa shape index (κ2) is 9.69. The van der Waals surface area contributed by atoms with Gasteiger partial charge in [0, 0.05) is 23.5 Å².